The third-order valence-corrected chi connectivity index (χ3v) is 2.02. The average molecular weight is 158 g/mol. The van der Waals surface area contributed by atoms with Crippen molar-refractivity contribution in [2.24, 2.45) is 0 Å². The van der Waals surface area contributed by atoms with Crippen LogP contribution in [-0.2, 0) is 4.79 Å². The molecule has 5 nitrogen and oxygen atoms in total. The van der Waals surface area contributed by atoms with Gasteiger partial charge in [-0.25, -0.2) is 4.79 Å². The van der Waals surface area contributed by atoms with Gasteiger partial charge in [-0.2, -0.15) is 0 Å². The van der Waals surface area contributed by atoms with Crippen LogP contribution in [0.4, 0.5) is 4.79 Å². The Hall–Kier alpha value is -1.10. The Morgan fingerprint density at radius 1 is 1.36 bits per heavy atom. The van der Waals surface area contributed by atoms with Gasteiger partial charge in [0.15, 0.2) is 0 Å². The number of hydroxylamine groups is 2. The van der Waals surface area contributed by atoms with Crippen molar-refractivity contribution in [1.29, 1.82) is 0 Å². The molecule has 0 spiro atoms. The summed E-state index contributed by atoms with van der Waals surface area (Å²) in [5, 5.41) is 9.00. The van der Waals surface area contributed by atoms with E-state index >= 15 is 0 Å². The molecule has 1 saturated heterocycles. The lowest BCUT2D eigenvalue weighted by atomic mass is 10.1. The molecule has 0 aromatic carbocycles. The third kappa shape index (κ3) is 0.808. The fourth-order valence-corrected chi connectivity index (χ4v) is 0.871. The van der Waals surface area contributed by atoms with E-state index in [9.17, 15) is 9.59 Å². The van der Waals surface area contributed by atoms with E-state index in [2.05, 4.69) is 0 Å². The summed E-state index contributed by atoms with van der Waals surface area (Å²) >= 11 is 0. The highest BCUT2D eigenvalue weighted by atomic mass is 16.5. The lowest BCUT2D eigenvalue weighted by Gasteiger charge is -2.22. The highest BCUT2D eigenvalue weighted by molar-refractivity contribution is 6.04. The van der Waals surface area contributed by atoms with Crippen LogP contribution in [-0.4, -0.2) is 39.7 Å². The van der Waals surface area contributed by atoms with Crippen LogP contribution in [0.1, 0.15) is 13.8 Å². The predicted molar refractivity (Wildman–Crippen MR) is 35.9 cm³/mol. The van der Waals surface area contributed by atoms with Gasteiger partial charge in [0.2, 0.25) is 0 Å². The Kier molecular flexibility index (Phi) is 1.41. The quantitative estimate of drug-likeness (QED) is 0.400. The molecule has 1 aliphatic rings. The molecule has 1 fully saturated rings. The molecular weight excluding hydrogens is 148 g/mol. The van der Waals surface area contributed by atoms with Crippen molar-refractivity contribution >= 4 is 11.9 Å². The summed E-state index contributed by atoms with van der Waals surface area (Å²) in [5.74, 6) is -0.593. The first-order valence-corrected chi connectivity index (χ1v) is 3.20. The molecule has 0 radical (unpaired) electrons. The fourth-order valence-electron chi connectivity index (χ4n) is 0.871. The van der Waals surface area contributed by atoms with Gasteiger partial charge in [0.1, 0.15) is 5.54 Å². The molecule has 0 bridgehead atoms. The van der Waals surface area contributed by atoms with Gasteiger partial charge in [-0.05, 0) is 13.8 Å². The van der Waals surface area contributed by atoms with Gasteiger partial charge < -0.3 is 4.90 Å². The number of hydrogen-bond acceptors (Lipinski definition) is 3. The van der Waals surface area contributed by atoms with Crippen LogP contribution in [0.2, 0.25) is 0 Å². The zero-order valence-corrected chi connectivity index (χ0v) is 6.66. The number of amides is 3. The molecule has 1 rings (SSSR count). The maximum absolute atomic E-state index is 11.1. The van der Waals surface area contributed by atoms with E-state index in [1.54, 1.807) is 13.8 Å². The first-order valence-electron chi connectivity index (χ1n) is 3.20. The highest BCUT2D eigenvalue weighted by Crippen LogP contribution is 2.23. The van der Waals surface area contributed by atoms with Crippen molar-refractivity contribution in [1.82, 2.24) is 9.96 Å². The van der Waals surface area contributed by atoms with Gasteiger partial charge in [0, 0.05) is 7.05 Å². The van der Waals surface area contributed by atoms with E-state index < -0.39 is 17.5 Å². The van der Waals surface area contributed by atoms with Crippen LogP contribution in [0.3, 0.4) is 0 Å². The van der Waals surface area contributed by atoms with Gasteiger partial charge in [0.25, 0.3) is 5.91 Å². The maximum atomic E-state index is 11.1. The minimum atomic E-state index is -0.925. The number of likely N-dealkylation sites (N-methyl/N-ethyl adjacent to an activating group) is 1. The topological polar surface area (TPSA) is 60.9 Å². The maximum Gasteiger partial charge on any atom is 0.351 e. The fraction of sp³-hybridized carbons (Fsp3) is 0.667. The monoisotopic (exact) mass is 158 g/mol. The van der Waals surface area contributed by atoms with E-state index in [4.69, 9.17) is 5.21 Å². The Bertz CT molecular complexity index is 224. The molecule has 1 heterocycles. The molecule has 1 N–H and O–H groups in total. The third-order valence-electron chi connectivity index (χ3n) is 2.02. The lowest BCUT2D eigenvalue weighted by Crippen LogP contribution is -2.41. The number of urea groups is 1. The Balaban J connectivity index is 3.06. The summed E-state index contributed by atoms with van der Waals surface area (Å²) in [7, 11) is 1.47. The van der Waals surface area contributed by atoms with E-state index in [1.807, 2.05) is 0 Å². The molecule has 0 aliphatic carbocycles. The zero-order valence-electron chi connectivity index (χ0n) is 6.66. The largest absolute Gasteiger partial charge is 0.351 e. The molecule has 0 unspecified atom stereocenters. The molecule has 0 aromatic heterocycles. The van der Waals surface area contributed by atoms with Crippen LogP contribution in [0, 0.1) is 0 Å². The summed E-state index contributed by atoms with van der Waals surface area (Å²) in [6.45, 7) is 3.15. The molecule has 11 heavy (non-hydrogen) atoms. The molecule has 5 heteroatoms. The first kappa shape index (κ1) is 8.00. The van der Waals surface area contributed by atoms with E-state index in [0.717, 1.165) is 0 Å². The zero-order chi connectivity index (χ0) is 8.81. The van der Waals surface area contributed by atoms with Crippen molar-refractivity contribution in [3.05, 3.63) is 0 Å². The van der Waals surface area contributed by atoms with Crippen LogP contribution in [0.5, 0.6) is 0 Å². The normalized spacial score (nSPS) is 23.3. The van der Waals surface area contributed by atoms with Crippen molar-refractivity contribution in [3.8, 4) is 0 Å². The minimum Gasteiger partial charge on any atom is -0.311 e. The van der Waals surface area contributed by atoms with Gasteiger partial charge in [0.05, 0.1) is 0 Å². The first-order chi connectivity index (χ1) is 4.89. The summed E-state index contributed by atoms with van der Waals surface area (Å²) in [4.78, 5) is 23.2. The summed E-state index contributed by atoms with van der Waals surface area (Å²) < 4.78 is 0. The molecule has 0 saturated carbocycles. The molecule has 3 amide bonds. The van der Waals surface area contributed by atoms with Crippen molar-refractivity contribution < 1.29 is 14.8 Å². The summed E-state index contributed by atoms with van der Waals surface area (Å²) in [6.07, 6.45) is 0. The number of carbonyl (C=O) groups excluding carboxylic acids is 2. The van der Waals surface area contributed by atoms with E-state index in [1.165, 1.54) is 11.9 Å². The lowest BCUT2D eigenvalue weighted by molar-refractivity contribution is -0.152. The van der Waals surface area contributed by atoms with E-state index in [0.29, 0.717) is 0 Å². The second kappa shape index (κ2) is 1.94. The Morgan fingerprint density at radius 3 is 1.91 bits per heavy atom. The number of nitrogens with zero attached hydrogens (tertiary/aromatic N) is 2. The van der Waals surface area contributed by atoms with Crippen LogP contribution < -0.4 is 0 Å². The molecular formula is C6H10N2O3. The highest BCUT2D eigenvalue weighted by Gasteiger charge is 2.49. The average Bonchev–Trinajstić information content (AvgIpc) is 2.06. The second-order valence-electron chi connectivity index (χ2n) is 3.02. The number of imide groups is 1. The predicted octanol–water partition coefficient (Wildman–Crippen LogP) is 0.0482. The number of rotatable bonds is 0. The van der Waals surface area contributed by atoms with Crippen LogP contribution in [0.15, 0.2) is 0 Å². The van der Waals surface area contributed by atoms with Gasteiger partial charge in [-0.1, -0.05) is 0 Å². The van der Waals surface area contributed by atoms with Crippen LogP contribution in [0.25, 0.3) is 0 Å². The smallest absolute Gasteiger partial charge is 0.311 e. The molecule has 1 aliphatic heterocycles. The van der Waals surface area contributed by atoms with Crippen molar-refractivity contribution in [3.63, 3.8) is 0 Å². The Labute approximate surface area is 64.1 Å². The summed E-state index contributed by atoms with van der Waals surface area (Å²) in [6, 6.07) is -0.681. The number of carbonyl (C=O) groups is 2. The molecule has 0 aromatic rings. The standard InChI is InChI=1S/C6H10N2O3/c1-6(2)4(9)8(11)5(10)7(6)3/h11H,1-3H3. The minimum absolute atomic E-state index is 0.139. The van der Waals surface area contributed by atoms with E-state index in [-0.39, 0.29) is 5.06 Å². The second-order valence-corrected chi connectivity index (χ2v) is 3.02. The molecule has 0 atom stereocenters. The van der Waals surface area contributed by atoms with Gasteiger partial charge >= 0.3 is 6.03 Å². The van der Waals surface area contributed by atoms with Crippen molar-refractivity contribution in [2.45, 2.75) is 19.4 Å². The van der Waals surface area contributed by atoms with Crippen LogP contribution >= 0.6 is 0 Å². The summed E-state index contributed by atoms with van der Waals surface area (Å²) in [5.41, 5.74) is -0.925. The molecule has 62 valence electrons. The Morgan fingerprint density at radius 2 is 1.82 bits per heavy atom. The van der Waals surface area contributed by atoms with Gasteiger partial charge in [-0.3, -0.25) is 10.0 Å². The SMILES string of the molecule is CN1C(=O)N(O)C(=O)C1(C)C. The number of hydrogen-bond donors (Lipinski definition) is 1. The van der Waals surface area contributed by atoms with Gasteiger partial charge in [-0.15, -0.1) is 5.06 Å². The van der Waals surface area contributed by atoms with Crippen molar-refractivity contribution in [2.75, 3.05) is 7.05 Å².